The molecule has 0 atom stereocenters. The van der Waals surface area contributed by atoms with E-state index in [0.29, 0.717) is 29.7 Å². The van der Waals surface area contributed by atoms with E-state index in [1.807, 2.05) is 73.3 Å². The van der Waals surface area contributed by atoms with Crippen molar-refractivity contribution in [2.75, 3.05) is 32.7 Å². The van der Waals surface area contributed by atoms with Crippen molar-refractivity contribution in [3.63, 3.8) is 0 Å². The fraction of sp³-hybridized carbons (Fsp3) is 0.400. The Kier molecular flexibility index (Phi) is 8.29. The lowest BCUT2D eigenvalue weighted by Crippen LogP contribution is -2.40. The van der Waals surface area contributed by atoms with E-state index in [1.165, 1.54) is 18.0 Å². The van der Waals surface area contributed by atoms with Crippen molar-refractivity contribution in [3.05, 3.63) is 93.2 Å². The molecule has 7 nitrogen and oxygen atoms in total. The molecular weight excluding hydrogens is 494 g/mol. The van der Waals surface area contributed by atoms with Gasteiger partial charge in [-0.15, -0.1) is 0 Å². The van der Waals surface area contributed by atoms with E-state index in [2.05, 4.69) is 9.27 Å². The fourth-order valence-corrected chi connectivity index (χ4v) is 5.73. The fourth-order valence-electron chi connectivity index (χ4n) is 4.94. The van der Waals surface area contributed by atoms with E-state index in [4.69, 9.17) is 4.98 Å². The number of hydrogen-bond donors (Lipinski definition) is 0. The Morgan fingerprint density at radius 3 is 2.45 bits per heavy atom. The number of rotatable bonds is 11. The minimum atomic E-state index is -0.0396. The van der Waals surface area contributed by atoms with Gasteiger partial charge in [-0.3, -0.25) is 14.2 Å². The number of likely N-dealkylation sites (tertiary alicyclic amines) is 1. The second-order valence-corrected chi connectivity index (χ2v) is 10.9. The van der Waals surface area contributed by atoms with Gasteiger partial charge in [-0.25, -0.2) is 4.98 Å². The molecule has 0 aliphatic carbocycles. The number of carbonyl (C=O) groups excluding carboxylic acids is 1. The van der Waals surface area contributed by atoms with E-state index in [-0.39, 0.29) is 11.5 Å². The van der Waals surface area contributed by atoms with Crippen LogP contribution in [0.15, 0.2) is 59.4 Å². The predicted molar refractivity (Wildman–Crippen MR) is 153 cm³/mol. The van der Waals surface area contributed by atoms with Crippen molar-refractivity contribution in [2.24, 2.45) is 0 Å². The first-order valence-corrected chi connectivity index (χ1v) is 14.2. The Morgan fingerprint density at radius 2 is 1.74 bits per heavy atom. The van der Waals surface area contributed by atoms with Crippen LogP contribution in [0.4, 0.5) is 0 Å². The van der Waals surface area contributed by atoms with Gasteiger partial charge in [0.1, 0.15) is 5.82 Å². The molecular formula is C30H35N5O2S. The highest BCUT2D eigenvalue weighted by atomic mass is 32.1. The minimum absolute atomic E-state index is 0.0396. The largest absolute Gasteiger partial charge is 0.339 e. The molecule has 0 unspecified atom stereocenters. The van der Waals surface area contributed by atoms with Gasteiger partial charge in [-0.1, -0.05) is 48.0 Å². The third kappa shape index (κ3) is 6.03. The zero-order valence-electron chi connectivity index (χ0n) is 22.2. The number of aryl methyl sites for hydroxylation is 3. The molecule has 2 aromatic heterocycles. The van der Waals surface area contributed by atoms with Crippen LogP contribution in [0, 0.1) is 13.8 Å². The molecule has 0 bridgehead atoms. The molecule has 1 aliphatic rings. The molecule has 1 aliphatic heterocycles. The van der Waals surface area contributed by atoms with Crippen molar-refractivity contribution < 1.29 is 4.79 Å². The van der Waals surface area contributed by atoms with Crippen LogP contribution < -0.4 is 5.56 Å². The maximum Gasteiger partial charge on any atom is 0.264 e. The van der Waals surface area contributed by atoms with Gasteiger partial charge in [0, 0.05) is 25.1 Å². The van der Waals surface area contributed by atoms with E-state index in [9.17, 15) is 9.59 Å². The monoisotopic (exact) mass is 529 g/mol. The topological polar surface area (TPSA) is 71.3 Å². The average Bonchev–Trinajstić information content (AvgIpc) is 3.27. The Morgan fingerprint density at radius 1 is 1.00 bits per heavy atom. The molecule has 5 rings (SSSR count). The number of aromatic nitrogens is 3. The number of benzene rings is 2. The zero-order chi connectivity index (χ0) is 26.5. The van der Waals surface area contributed by atoms with Crippen LogP contribution in [-0.4, -0.2) is 62.4 Å². The maximum absolute atomic E-state index is 13.5. The minimum Gasteiger partial charge on any atom is -0.339 e. The molecule has 8 heteroatoms. The van der Waals surface area contributed by atoms with E-state index >= 15 is 0 Å². The molecule has 1 saturated heterocycles. The molecule has 1 fully saturated rings. The van der Waals surface area contributed by atoms with Crippen molar-refractivity contribution in [1.29, 1.82) is 0 Å². The van der Waals surface area contributed by atoms with Crippen LogP contribution in [0.3, 0.4) is 0 Å². The molecule has 198 valence electrons. The van der Waals surface area contributed by atoms with Crippen molar-refractivity contribution in [2.45, 2.75) is 46.1 Å². The second-order valence-electron chi connectivity index (χ2n) is 10.2. The summed E-state index contributed by atoms with van der Waals surface area (Å²) in [4.78, 5) is 36.9. The third-order valence-corrected chi connectivity index (χ3v) is 8.13. The van der Waals surface area contributed by atoms with Gasteiger partial charge < -0.3 is 9.80 Å². The number of hydrogen-bond acceptors (Lipinski definition) is 6. The van der Waals surface area contributed by atoms with E-state index in [0.717, 1.165) is 67.2 Å². The summed E-state index contributed by atoms with van der Waals surface area (Å²) in [5.41, 5.74) is 3.61. The lowest BCUT2D eigenvalue weighted by Gasteiger charge is -2.31. The van der Waals surface area contributed by atoms with Gasteiger partial charge in [-0.05, 0) is 82.0 Å². The van der Waals surface area contributed by atoms with Gasteiger partial charge in [-0.2, -0.15) is 4.37 Å². The summed E-state index contributed by atoms with van der Waals surface area (Å²) in [6, 6.07) is 17.8. The highest BCUT2D eigenvalue weighted by Crippen LogP contribution is 2.19. The lowest BCUT2D eigenvalue weighted by molar-refractivity contribution is 0.0738. The highest BCUT2D eigenvalue weighted by molar-refractivity contribution is 7.12. The van der Waals surface area contributed by atoms with Gasteiger partial charge in [0.2, 0.25) is 0 Å². The molecule has 38 heavy (non-hydrogen) atoms. The Hall–Kier alpha value is -3.36. The Labute approximate surface area is 227 Å². The average molecular weight is 530 g/mol. The first kappa shape index (κ1) is 26.3. The molecule has 2 aromatic carbocycles. The lowest BCUT2D eigenvalue weighted by atomic mass is 10.1. The van der Waals surface area contributed by atoms with Crippen molar-refractivity contribution >= 4 is 27.7 Å². The summed E-state index contributed by atoms with van der Waals surface area (Å²) in [5, 5.41) is 0.608. The molecule has 0 N–H and O–H groups in total. The molecule has 4 aromatic rings. The van der Waals surface area contributed by atoms with Crippen LogP contribution in [-0.2, 0) is 13.0 Å². The zero-order valence-corrected chi connectivity index (χ0v) is 23.0. The third-order valence-electron chi connectivity index (χ3n) is 7.29. The summed E-state index contributed by atoms with van der Waals surface area (Å²) < 4.78 is 6.17. The number of nitrogens with zero attached hydrogens (tertiary/aromatic N) is 5. The number of fused-ring (bicyclic) bond motifs is 1. The van der Waals surface area contributed by atoms with Gasteiger partial charge in [0.25, 0.3) is 11.5 Å². The van der Waals surface area contributed by atoms with Crippen LogP contribution >= 0.6 is 11.5 Å². The molecule has 1 amide bonds. The SMILES string of the molecule is Cc1ccc(C(=O)N(CCCc2nc3snc(C)c3c(=O)n2Cc2ccccc2)CCCN2CCC2)cc1. The van der Waals surface area contributed by atoms with Gasteiger partial charge >= 0.3 is 0 Å². The summed E-state index contributed by atoms with van der Waals surface area (Å²) in [6.45, 7) is 9.05. The number of amides is 1. The smallest absolute Gasteiger partial charge is 0.264 e. The standard InChI is InChI=1S/C30H35N5O2S/c1-22-12-14-25(15-13-22)29(36)34(20-8-18-33-16-7-17-33)19-6-11-26-31-28-27(23(2)32-38-28)30(37)35(26)21-24-9-4-3-5-10-24/h3-5,9-10,12-15H,6-8,11,16-21H2,1-2H3. The summed E-state index contributed by atoms with van der Waals surface area (Å²) in [5.74, 6) is 0.815. The molecule has 3 heterocycles. The van der Waals surface area contributed by atoms with Crippen LogP contribution in [0.2, 0.25) is 0 Å². The van der Waals surface area contributed by atoms with Crippen molar-refractivity contribution in [3.8, 4) is 0 Å². The van der Waals surface area contributed by atoms with Crippen LogP contribution in [0.25, 0.3) is 10.2 Å². The van der Waals surface area contributed by atoms with Crippen LogP contribution in [0.5, 0.6) is 0 Å². The molecule has 0 spiro atoms. The van der Waals surface area contributed by atoms with Crippen molar-refractivity contribution in [1.82, 2.24) is 23.7 Å². The molecule has 0 radical (unpaired) electrons. The summed E-state index contributed by atoms with van der Waals surface area (Å²) in [7, 11) is 0. The Balaban J connectivity index is 1.34. The normalized spacial score (nSPS) is 13.5. The second kappa shape index (κ2) is 12.0. The quantitative estimate of drug-likeness (QED) is 0.282. The van der Waals surface area contributed by atoms with Crippen LogP contribution in [0.1, 0.15) is 52.3 Å². The Bertz CT molecular complexity index is 1440. The first-order valence-electron chi connectivity index (χ1n) is 13.5. The molecule has 0 saturated carbocycles. The first-order chi connectivity index (χ1) is 18.5. The van der Waals surface area contributed by atoms with Gasteiger partial charge in [0.05, 0.1) is 17.6 Å². The predicted octanol–water partition coefficient (Wildman–Crippen LogP) is 4.69. The maximum atomic E-state index is 13.5. The van der Waals surface area contributed by atoms with E-state index in [1.54, 1.807) is 4.57 Å². The summed E-state index contributed by atoms with van der Waals surface area (Å²) in [6.07, 6.45) is 3.57. The number of carbonyl (C=O) groups is 1. The van der Waals surface area contributed by atoms with E-state index < -0.39 is 0 Å². The highest BCUT2D eigenvalue weighted by Gasteiger charge is 2.20. The summed E-state index contributed by atoms with van der Waals surface area (Å²) >= 11 is 1.28. The van der Waals surface area contributed by atoms with Gasteiger partial charge in [0.15, 0.2) is 4.83 Å².